The molecule has 0 aliphatic carbocycles. The van der Waals surface area contributed by atoms with E-state index in [0.717, 1.165) is 5.56 Å². The molecule has 0 spiro atoms. The Hall–Kier alpha value is -2.42. The van der Waals surface area contributed by atoms with Gasteiger partial charge in [0.25, 0.3) is 0 Å². The SMILES string of the molecule is O=C(O)c1ccccc1/C=C/c1ccncc1. The molecule has 0 fully saturated rings. The summed E-state index contributed by atoms with van der Waals surface area (Å²) in [6.07, 6.45) is 7.05. The molecule has 1 aromatic carbocycles. The van der Waals surface area contributed by atoms with Gasteiger partial charge in [-0.05, 0) is 29.3 Å². The first-order valence-corrected chi connectivity index (χ1v) is 5.18. The summed E-state index contributed by atoms with van der Waals surface area (Å²) in [6.45, 7) is 0. The lowest BCUT2D eigenvalue weighted by molar-refractivity contribution is 0.0696. The molecular formula is C14H11NO2. The second kappa shape index (κ2) is 5.07. The average Bonchev–Trinajstić information content (AvgIpc) is 2.38. The van der Waals surface area contributed by atoms with Gasteiger partial charge in [0, 0.05) is 12.4 Å². The lowest BCUT2D eigenvalue weighted by Gasteiger charge is -1.99. The minimum atomic E-state index is -0.917. The number of benzene rings is 1. The Morgan fingerprint density at radius 3 is 2.47 bits per heavy atom. The molecule has 2 rings (SSSR count). The van der Waals surface area contributed by atoms with Gasteiger partial charge in [-0.15, -0.1) is 0 Å². The molecule has 0 aliphatic heterocycles. The number of hydrogen-bond acceptors (Lipinski definition) is 2. The predicted molar refractivity (Wildman–Crippen MR) is 66.6 cm³/mol. The van der Waals surface area contributed by atoms with E-state index < -0.39 is 5.97 Å². The first kappa shape index (κ1) is 11.1. The third kappa shape index (κ3) is 2.78. The molecule has 1 aromatic heterocycles. The predicted octanol–water partition coefficient (Wildman–Crippen LogP) is 2.95. The van der Waals surface area contributed by atoms with Crippen LogP contribution in [0.3, 0.4) is 0 Å². The Balaban J connectivity index is 2.30. The molecule has 0 aliphatic rings. The number of aromatic nitrogens is 1. The molecule has 0 amide bonds. The Morgan fingerprint density at radius 2 is 1.76 bits per heavy atom. The van der Waals surface area contributed by atoms with Gasteiger partial charge in [-0.1, -0.05) is 30.4 Å². The van der Waals surface area contributed by atoms with E-state index in [1.165, 1.54) is 0 Å². The fourth-order valence-corrected chi connectivity index (χ4v) is 1.50. The molecule has 1 heterocycles. The summed E-state index contributed by atoms with van der Waals surface area (Å²) in [6, 6.07) is 10.6. The van der Waals surface area contributed by atoms with Crippen LogP contribution in [0.2, 0.25) is 0 Å². The van der Waals surface area contributed by atoms with E-state index in [1.807, 2.05) is 24.3 Å². The summed E-state index contributed by atoms with van der Waals surface area (Å²) >= 11 is 0. The highest BCUT2D eigenvalue weighted by molar-refractivity contribution is 5.93. The maximum absolute atomic E-state index is 11.0. The van der Waals surface area contributed by atoms with Gasteiger partial charge in [0.2, 0.25) is 0 Å². The van der Waals surface area contributed by atoms with Gasteiger partial charge < -0.3 is 5.11 Å². The standard InChI is InChI=1S/C14H11NO2/c16-14(17)13-4-2-1-3-12(13)6-5-11-7-9-15-10-8-11/h1-10H,(H,16,17)/b6-5+. The van der Waals surface area contributed by atoms with Crippen molar-refractivity contribution in [3.05, 3.63) is 65.5 Å². The molecule has 0 unspecified atom stereocenters. The zero-order valence-electron chi connectivity index (χ0n) is 9.08. The van der Waals surface area contributed by atoms with Crippen molar-refractivity contribution < 1.29 is 9.90 Å². The van der Waals surface area contributed by atoms with Crippen LogP contribution in [0.25, 0.3) is 12.2 Å². The van der Waals surface area contributed by atoms with Crippen molar-refractivity contribution >= 4 is 18.1 Å². The second-order valence-electron chi connectivity index (χ2n) is 3.51. The number of aromatic carboxylic acids is 1. The van der Waals surface area contributed by atoms with Crippen LogP contribution in [0.1, 0.15) is 21.5 Å². The minimum absolute atomic E-state index is 0.304. The zero-order chi connectivity index (χ0) is 12.1. The van der Waals surface area contributed by atoms with Gasteiger partial charge in [-0.3, -0.25) is 4.98 Å². The van der Waals surface area contributed by atoms with Crippen LogP contribution < -0.4 is 0 Å². The highest BCUT2D eigenvalue weighted by Crippen LogP contribution is 2.12. The van der Waals surface area contributed by atoms with Crippen LogP contribution in [-0.2, 0) is 0 Å². The maximum Gasteiger partial charge on any atom is 0.336 e. The van der Waals surface area contributed by atoms with Crippen molar-refractivity contribution in [2.24, 2.45) is 0 Å². The first-order chi connectivity index (χ1) is 8.27. The lowest BCUT2D eigenvalue weighted by atomic mass is 10.1. The monoisotopic (exact) mass is 225 g/mol. The quantitative estimate of drug-likeness (QED) is 0.873. The zero-order valence-corrected chi connectivity index (χ0v) is 9.08. The molecule has 1 N–H and O–H groups in total. The van der Waals surface area contributed by atoms with Gasteiger partial charge in [0.05, 0.1) is 5.56 Å². The summed E-state index contributed by atoms with van der Waals surface area (Å²) in [7, 11) is 0. The molecule has 3 heteroatoms. The third-order valence-corrected chi connectivity index (χ3v) is 2.35. The molecule has 0 saturated heterocycles. The molecule has 0 atom stereocenters. The van der Waals surface area contributed by atoms with Gasteiger partial charge in [0.15, 0.2) is 0 Å². The third-order valence-electron chi connectivity index (χ3n) is 2.35. The fraction of sp³-hybridized carbons (Fsp3) is 0. The van der Waals surface area contributed by atoms with E-state index in [0.29, 0.717) is 11.1 Å². The van der Waals surface area contributed by atoms with Gasteiger partial charge in [0.1, 0.15) is 0 Å². The second-order valence-corrected chi connectivity index (χ2v) is 3.51. The molecule has 0 saturated carbocycles. The summed E-state index contributed by atoms with van der Waals surface area (Å²) in [5.41, 5.74) is 1.98. The van der Waals surface area contributed by atoms with Gasteiger partial charge in [-0.2, -0.15) is 0 Å². The van der Waals surface area contributed by atoms with E-state index in [4.69, 9.17) is 5.11 Å². The smallest absolute Gasteiger partial charge is 0.336 e. The first-order valence-electron chi connectivity index (χ1n) is 5.18. The summed E-state index contributed by atoms with van der Waals surface area (Å²) in [4.78, 5) is 14.9. The van der Waals surface area contributed by atoms with Gasteiger partial charge in [-0.25, -0.2) is 4.79 Å². The van der Waals surface area contributed by atoms with Crippen LogP contribution >= 0.6 is 0 Å². The topological polar surface area (TPSA) is 50.2 Å². The Morgan fingerprint density at radius 1 is 1.06 bits per heavy atom. The van der Waals surface area contributed by atoms with Crippen LogP contribution in [0.4, 0.5) is 0 Å². The van der Waals surface area contributed by atoms with Crippen LogP contribution in [0.5, 0.6) is 0 Å². The molecule has 0 radical (unpaired) electrons. The highest BCUT2D eigenvalue weighted by atomic mass is 16.4. The number of carboxylic acid groups (broad SMARTS) is 1. The van der Waals surface area contributed by atoms with E-state index in [2.05, 4.69) is 4.98 Å². The number of rotatable bonds is 3. The average molecular weight is 225 g/mol. The number of carbonyl (C=O) groups is 1. The Bertz CT molecular complexity index is 547. The highest BCUT2D eigenvalue weighted by Gasteiger charge is 2.05. The number of pyridine rings is 1. The largest absolute Gasteiger partial charge is 0.478 e. The summed E-state index contributed by atoms with van der Waals surface area (Å²) < 4.78 is 0. The van der Waals surface area contributed by atoms with Crippen molar-refractivity contribution in [2.45, 2.75) is 0 Å². The summed E-state index contributed by atoms with van der Waals surface area (Å²) in [5, 5.41) is 9.02. The molecule has 17 heavy (non-hydrogen) atoms. The Kier molecular flexibility index (Phi) is 3.31. The molecule has 0 bridgehead atoms. The van der Waals surface area contributed by atoms with E-state index >= 15 is 0 Å². The van der Waals surface area contributed by atoms with Crippen molar-refractivity contribution in [1.29, 1.82) is 0 Å². The fourth-order valence-electron chi connectivity index (χ4n) is 1.50. The lowest BCUT2D eigenvalue weighted by Crippen LogP contribution is -1.98. The molecular weight excluding hydrogens is 214 g/mol. The van der Waals surface area contributed by atoms with E-state index in [-0.39, 0.29) is 0 Å². The number of hydrogen-bond donors (Lipinski definition) is 1. The van der Waals surface area contributed by atoms with Crippen molar-refractivity contribution in [3.63, 3.8) is 0 Å². The van der Waals surface area contributed by atoms with Crippen LogP contribution in [-0.4, -0.2) is 16.1 Å². The van der Waals surface area contributed by atoms with E-state index in [1.54, 1.807) is 36.7 Å². The Labute approximate surface area is 99.1 Å². The minimum Gasteiger partial charge on any atom is -0.478 e. The van der Waals surface area contributed by atoms with Crippen molar-refractivity contribution in [3.8, 4) is 0 Å². The van der Waals surface area contributed by atoms with Crippen molar-refractivity contribution in [1.82, 2.24) is 4.98 Å². The molecule has 84 valence electrons. The molecule has 3 nitrogen and oxygen atoms in total. The molecule has 2 aromatic rings. The summed E-state index contributed by atoms with van der Waals surface area (Å²) in [5.74, 6) is -0.917. The number of nitrogens with zero attached hydrogens (tertiary/aromatic N) is 1. The number of carboxylic acids is 1. The van der Waals surface area contributed by atoms with Gasteiger partial charge >= 0.3 is 5.97 Å². The van der Waals surface area contributed by atoms with Crippen LogP contribution in [0, 0.1) is 0 Å². The normalized spacial score (nSPS) is 10.6. The van der Waals surface area contributed by atoms with Crippen LogP contribution in [0.15, 0.2) is 48.8 Å². The van der Waals surface area contributed by atoms with E-state index in [9.17, 15) is 4.79 Å². The van der Waals surface area contributed by atoms with Crippen molar-refractivity contribution in [2.75, 3.05) is 0 Å². The maximum atomic E-state index is 11.0.